The quantitative estimate of drug-likeness (QED) is 0.904. The molecule has 2 rings (SSSR count). The molecule has 1 aromatic heterocycles. The first-order chi connectivity index (χ1) is 8.22. The zero-order chi connectivity index (χ0) is 12.3. The second-order valence-electron chi connectivity index (χ2n) is 3.27. The van der Waals surface area contributed by atoms with Gasteiger partial charge in [-0.05, 0) is 25.1 Å². The maximum Gasteiger partial charge on any atom is 0.153 e. The number of ether oxygens (including phenoxy) is 1. The van der Waals surface area contributed by atoms with Crippen LogP contribution in [0.25, 0.3) is 11.3 Å². The van der Waals surface area contributed by atoms with E-state index in [1.807, 2.05) is 13.0 Å². The van der Waals surface area contributed by atoms with Crippen LogP contribution in [0.4, 0.5) is 5.82 Å². The molecule has 0 aliphatic carbocycles. The summed E-state index contributed by atoms with van der Waals surface area (Å²) in [4.78, 5) is 3.87. The van der Waals surface area contributed by atoms with Gasteiger partial charge in [0.25, 0.3) is 0 Å². The average Bonchev–Trinajstić information content (AvgIpc) is 2.33. The van der Waals surface area contributed by atoms with Gasteiger partial charge < -0.3 is 10.5 Å². The zero-order valence-electron chi connectivity index (χ0n) is 9.22. The van der Waals surface area contributed by atoms with E-state index >= 15 is 0 Å². The number of nitrogens with zero attached hydrogens (tertiary/aromatic N) is 3. The molecule has 88 valence electrons. The Kier molecular flexibility index (Phi) is 3.39. The predicted molar refractivity (Wildman–Crippen MR) is 65.9 cm³/mol. The van der Waals surface area contributed by atoms with Crippen molar-refractivity contribution < 1.29 is 4.74 Å². The minimum absolute atomic E-state index is 0.320. The molecular formula is C11H11ClN4O. The summed E-state index contributed by atoms with van der Waals surface area (Å²) in [5.74, 6) is 0.952. The van der Waals surface area contributed by atoms with Crippen molar-refractivity contribution in [1.29, 1.82) is 0 Å². The smallest absolute Gasteiger partial charge is 0.153 e. The van der Waals surface area contributed by atoms with Gasteiger partial charge >= 0.3 is 0 Å². The Morgan fingerprint density at radius 1 is 1.41 bits per heavy atom. The number of hydrogen-bond acceptors (Lipinski definition) is 5. The third-order valence-electron chi connectivity index (χ3n) is 2.15. The first-order valence-electron chi connectivity index (χ1n) is 5.08. The van der Waals surface area contributed by atoms with Gasteiger partial charge in [-0.3, -0.25) is 0 Å². The molecular weight excluding hydrogens is 240 g/mol. The van der Waals surface area contributed by atoms with Crippen LogP contribution in [0.3, 0.4) is 0 Å². The fourth-order valence-electron chi connectivity index (χ4n) is 1.41. The lowest BCUT2D eigenvalue weighted by Crippen LogP contribution is -1.99. The molecule has 2 N–H and O–H groups in total. The molecule has 0 aliphatic rings. The molecule has 0 atom stereocenters. The van der Waals surface area contributed by atoms with E-state index in [1.54, 1.807) is 12.1 Å². The second kappa shape index (κ2) is 4.97. The highest BCUT2D eigenvalue weighted by Gasteiger charge is 2.09. The lowest BCUT2D eigenvalue weighted by atomic mass is 10.1. The first kappa shape index (κ1) is 11.6. The lowest BCUT2D eigenvalue weighted by Gasteiger charge is -2.07. The molecule has 0 aliphatic heterocycles. The van der Waals surface area contributed by atoms with Crippen molar-refractivity contribution in [3.05, 3.63) is 29.5 Å². The van der Waals surface area contributed by atoms with Gasteiger partial charge in [0.2, 0.25) is 0 Å². The molecule has 0 unspecified atom stereocenters. The van der Waals surface area contributed by atoms with E-state index in [4.69, 9.17) is 22.1 Å². The first-order valence-corrected chi connectivity index (χ1v) is 5.46. The molecule has 6 heteroatoms. The van der Waals surface area contributed by atoms with E-state index in [9.17, 15) is 0 Å². The summed E-state index contributed by atoms with van der Waals surface area (Å²) in [7, 11) is 0. The van der Waals surface area contributed by atoms with Crippen molar-refractivity contribution in [2.75, 3.05) is 12.3 Å². The maximum absolute atomic E-state index is 6.08. The standard InChI is InChI=1S/C11H11ClN4O/c1-2-17-9-4-3-7(5-8(9)12)10-11(13)14-6-15-16-10/h3-6H,2H2,1H3,(H2,13,14,15). The molecule has 2 aromatic rings. The zero-order valence-corrected chi connectivity index (χ0v) is 9.98. The van der Waals surface area contributed by atoms with Gasteiger partial charge in [0.05, 0.1) is 11.6 Å². The Morgan fingerprint density at radius 2 is 2.24 bits per heavy atom. The molecule has 5 nitrogen and oxygen atoms in total. The van der Waals surface area contributed by atoms with E-state index in [2.05, 4.69) is 15.2 Å². The minimum atomic E-state index is 0.320. The summed E-state index contributed by atoms with van der Waals surface area (Å²) < 4.78 is 5.34. The summed E-state index contributed by atoms with van der Waals surface area (Å²) in [6.07, 6.45) is 1.30. The molecule has 0 amide bonds. The van der Waals surface area contributed by atoms with Gasteiger partial charge in [0.1, 0.15) is 17.8 Å². The second-order valence-corrected chi connectivity index (χ2v) is 3.68. The van der Waals surface area contributed by atoms with Crippen LogP contribution in [0.15, 0.2) is 24.5 Å². The molecule has 0 bridgehead atoms. The fraction of sp³-hybridized carbons (Fsp3) is 0.182. The molecule has 0 saturated carbocycles. The highest BCUT2D eigenvalue weighted by atomic mass is 35.5. The van der Waals surface area contributed by atoms with Gasteiger partial charge in [-0.15, -0.1) is 10.2 Å². The molecule has 1 aromatic carbocycles. The number of benzene rings is 1. The van der Waals surface area contributed by atoms with Crippen LogP contribution >= 0.6 is 11.6 Å². The lowest BCUT2D eigenvalue weighted by molar-refractivity contribution is 0.340. The largest absolute Gasteiger partial charge is 0.492 e. The van der Waals surface area contributed by atoms with E-state index in [0.717, 1.165) is 5.56 Å². The van der Waals surface area contributed by atoms with Crippen molar-refractivity contribution in [2.45, 2.75) is 6.92 Å². The van der Waals surface area contributed by atoms with Gasteiger partial charge in [-0.2, -0.15) is 0 Å². The molecule has 1 heterocycles. The Morgan fingerprint density at radius 3 is 2.88 bits per heavy atom. The van der Waals surface area contributed by atoms with Crippen LogP contribution in [-0.4, -0.2) is 21.8 Å². The van der Waals surface area contributed by atoms with Crippen LogP contribution in [-0.2, 0) is 0 Å². The van der Waals surface area contributed by atoms with E-state index in [0.29, 0.717) is 28.9 Å². The van der Waals surface area contributed by atoms with Gasteiger partial charge in [0, 0.05) is 5.56 Å². The topological polar surface area (TPSA) is 73.9 Å². The summed E-state index contributed by atoms with van der Waals surface area (Å²) >= 11 is 6.08. The Hall–Kier alpha value is -1.88. The van der Waals surface area contributed by atoms with Crippen LogP contribution < -0.4 is 10.5 Å². The van der Waals surface area contributed by atoms with Crippen molar-refractivity contribution >= 4 is 17.4 Å². The number of hydrogen-bond donors (Lipinski definition) is 1. The van der Waals surface area contributed by atoms with Gasteiger partial charge in [-0.25, -0.2) is 4.98 Å². The number of aromatic nitrogens is 3. The van der Waals surface area contributed by atoms with Crippen molar-refractivity contribution in [2.24, 2.45) is 0 Å². The average molecular weight is 251 g/mol. The van der Waals surface area contributed by atoms with Crippen LogP contribution in [0.1, 0.15) is 6.92 Å². The van der Waals surface area contributed by atoms with Crippen molar-refractivity contribution in [3.8, 4) is 17.0 Å². The Balaban J connectivity index is 2.41. The Bertz CT molecular complexity index is 533. The Labute approximate surface area is 104 Å². The molecule has 0 fully saturated rings. The maximum atomic E-state index is 6.08. The van der Waals surface area contributed by atoms with Crippen molar-refractivity contribution in [3.63, 3.8) is 0 Å². The normalized spacial score (nSPS) is 10.2. The predicted octanol–water partition coefficient (Wildman–Crippen LogP) is 2.17. The van der Waals surface area contributed by atoms with E-state index < -0.39 is 0 Å². The number of nitrogen functional groups attached to an aromatic ring is 1. The third kappa shape index (κ3) is 2.45. The van der Waals surface area contributed by atoms with Crippen molar-refractivity contribution in [1.82, 2.24) is 15.2 Å². The van der Waals surface area contributed by atoms with Crippen LogP contribution in [0.2, 0.25) is 5.02 Å². The summed E-state index contributed by atoms with van der Waals surface area (Å²) in [6.45, 7) is 2.46. The minimum Gasteiger partial charge on any atom is -0.492 e. The van der Waals surface area contributed by atoms with Crippen LogP contribution in [0.5, 0.6) is 5.75 Å². The SMILES string of the molecule is CCOc1ccc(-c2nncnc2N)cc1Cl. The molecule has 0 radical (unpaired) electrons. The van der Waals surface area contributed by atoms with E-state index in [-0.39, 0.29) is 0 Å². The fourth-order valence-corrected chi connectivity index (χ4v) is 1.65. The van der Waals surface area contributed by atoms with Crippen LogP contribution in [0, 0.1) is 0 Å². The third-order valence-corrected chi connectivity index (χ3v) is 2.45. The monoisotopic (exact) mass is 250 g/mol. The highest BCUT2D eigenvalue weighted by Crippen LogP contribution is 2.30. The number of rotatable bonds is 3. The number of halogens is 1. The molecule has 0 spiro atoms. The molecule has 17 heavy (non-hydrogen) atoms. The summed E-state index contributed by atoms with van der Waals surface area (Å²) in [6, 6.07) is 5.32. The van der Waals surface area contributed by atoms with Gasteiger partial charge in [0.15, 0.2) is 5.82 Å². The number of nitrogens with two attached hydrogens (primary N) is 1. The molecule has 0 saturated heterocycles. The highest BCUT2D eigenvalue weighted by molar-refractivity contribution is 6.32. The summed E-state index contributed by atoms with van der Waals surface area (Å²) in [5.41, 5.74) is 6.98. The number of anilines is 1. The van der Waals surface area contributed by atoms with E-state index in [1.165, 1.54) is 6.33 Å². The summed E-state index contributed by atoms with van der Waals surface area (Å²) in [5, 5.41) is 8.13. The van der Waals surface area contributed by atoms with Gasteiger partial charge in [-0.1, -0.05) is 11.6 Å².